The summed E-state index contributed by atoms with van der Waals surface area (Å²) in [7, 11) is 0. The van der Waals surface area contributed by atoms with Crippen molar-refractivity contribution in [2.24, 2.45) is 5.73 Å². The standard InChI is InChI=1S/C12H17ClFN/c1-3-12(15,4-2)8-9-5-6-10(13)7-11(9)14/h5-7H,3-4,8,15H2,1-2H3. The molecule has 1 aromatic carbocycles. The number of benzene rings is 1. The predicted molar refractivity (Wildman–Crippen MR) is 62.6 cm³/mol. The first-order valence-electron chi connectivity index (χ1n) is 5.23. The molecule has 0 heterocycles. The van der Waals surface area contributed by atoms with Crippen LogP contribution >= 0.6 is 11.6 Å². The molecule has 0 aliphatic heterocycles. The third kappa shape index (κ3) is 3.18. The lowest BCUT2D eigenvalue weighted by Crippen LogP contribution is -2.40. The van der Waals surface area contributed by atoms with Crippen LogP contribution in [-0.4, -0.2) is 5.54 Å². The molecular weight excluding hydrogens is 213 g/mol. The zero-order chi connectivity index (χ0) is 11.5. The first-order valence-corrected chi connectivity index (χ1v) is 5.61. The molecule has 0 fully saturated rings. The van der Waals surface area contributed by atoms with E-state index in [1.165, 1.54) is 6.07 Å². The number of rotatable bonds is 4. The van der Waals surface area contributed by atoms with Crippen LogP contribution in [0.3, 0.4) is 0 Å². The SMILES string of the molecule is CCC(N)(CC)Cc1ccc(Cl)cc1F. The van der Waals surface area contributed by atoms with Gasteiger partial charge in [0.05, 0.1) is 0 Å². The molecule has 3 heteroatoms. The van der Waals surface area contributed by atoms with Crippen molar-refractivity contribution in [3.05, 3.63) is 34.6 Å². The van der Waals surface area contributed by atoms with Crippen LogP contribution < -0.4 is 5.73 Å². The molecule has 0 aliphatic rings. The van der Waals surface area contributed by atoms with Crippen LogP contribution in [0.2, 0.25) is 5.02 Å². The second-order valence-electron chi connectivity index (χ2n) is 3.98. The molecule has 1 aromatic rings. The van der Waals surface area contributed by atoms with Gasteiger partial charge in [-0.05, 0) is 37.0 Å². The van der Waals surface area contributed by atoms with Crippen molar-refractivity contribution < 1.29 is 4.39 Å². The van der Waals surface area contributed by atoms with E-state index >= 15 is 0 Å². The smallest absolute Gasteiger partial charge is 0.127 e. The Balaban J connectivity index is 2.89. The van der Waals surface area contributed by atoms with E-state index < -0.39 is 0 Å². The number of nitrogens with two attached hydrogens (primary N) is 1. The summed E-state index contributed by atoms with van der Waals surface area (Å²) in [5.41, 5.74) is 6.47. The summed E-state index contributed by atoms with van der Waals surface area (Å²) >= 11 is 5.68. The quantitative estimate of drug-likeness (QED) is 0.840. The minimum atomic E-state index is -0.311. The molecule has 1 nitrogen and oxygen atoms in total. The molecule has 0 atom stereocenters. The molecule has 2 N–H and O–H groups in total. The molecule has 0 spiro atoms. The summed E-state index contributed by atoms with van der Waals surface area (Å²) in [6.45, 7) is 4.05. The van der Waals surface area contributed by atoms with Gasteiger partial charge in [0.1, 0.15) is 5.82 Å². The number of hydrogen-bond acceptors (Lipinski definition) is 1. The molecule has 15 heavy (non-hydrogen) atoms. The van der Waals surface area contributed by atoms with E-state index in [1.807, 2.05) is 13.8 Å². The van der Waals surface area contributed by atoms with Crippen LogP contribution in [0.1, 0.15) is 32.3 Å². The van der Waals surface area contributed by atoms with E-state index in [1.54, 1.807) is 12.1 Å². The fourth-order valence-electron chi connectivity index (χ4n) is 1.54. The Morgan fingerprint density at radius 2 is 1.93 bits per heavy atom. The van der Waals surface area contributed by atoms with Crippen molar-refractivity contribution in [2.45, 2.75) is 38.6 Å². The Morgan fingerprint density at radius 1 is 1.33 bits per heavy atom. The van der Waals surface area contributed by atoms with E-state index in [0.717, 1.165) is 12.8 Å². The minimum Gasteiger partial charge on any atom is -0.325 e. The van der Waals surface area contributed by atoms with Crippen LogP contribution in [-0.2, 0) is 6.42 Å². The van der Waals surface area contributed by atoms with E-state index in [-0.39, 0.29) is 11.4 Å². The molecule has 0 unspecified atom stereocenters. The van der Waals surface area contributed by atoms with E-state index in [0.29, 0.717) is 17.0 Å². The summed E-state index contributed by atoms with van der Waals surface area (Å²) in [5, 5.41) is 0.423. The van der Waals surface area contributed by atoms with Crippen molar-refractivity contribution in [3.63, 3.8) is 0 Å². The van der Waals surface area contributed by atoms with Crippen LogP contribution in [0.25, 0.3) is 0 Å². The lowest BCUT2D eigenvalue weighted by molar-refractivity contribution is 0.387. The van der Waals surface area contributed by atoms with E-state index in [2.05, 4.69) is 0 Å². The predicted octanol–water partition coefficient (Wildman–Crippen LogP) is 3.54. The molecule has 0 aromatic heterocycles. The lowest BCUT2D eigenvalue weighted by atomic mass is 9.87. The molecular formula is C12H17ClFN. The van der Waals surface area contributed by atoms with Crippen LogP contribution in [0.5, 0.6) is 0 Å². The molecule has 0 saturated heterocycles. The minimum absolute atomic E-state index is 0.265. The van der Waals surface area contributed by atoms with Gasteiger partial charge in [-0.25, -0.2) is 4.39 Å². The summed E-state index contributed by atoms with van der Waals surface area (Å²) in [6, 6.07) is 4.75. The maximum absolute atomic E-state index is 13.5. The molecule has 1 rings (SSSR count). The van der Waals surface area contributed by atoms with Gasteiger partial charge in [0, 0.05) is 10.6 Å². The second-order valence-corrected chi connectivity index (χ2v) is 4.42. The zero-order valence-electron chi connectivity index (χ0n) is 9.19. The highest BCUT2D eigenvalue weighted by Gasteiger charge is 2.22. The zero-order valence-corrected chi connectivity index (χ0v) is 9.94. The van der Waals surface area contributed by atoms with Gasteiger partial charge < -0.3 is 5.73 Å². The normalized spacial score (nSPS) is 11.8. The Labute approximate surface area is 95.4 Å². The average molecular weight is 230 g/mol. The van der Waals surface area contributed by atoms with Crippen molar-refractivity contribution >= 4 is 11.6 Å². The van der Waals surface area contributed by atoms with Gasteiger partial charge in [-0.2, -0.15) is 0 Å². The Kier molecular flexibility index (Phi) is 4.12. The van der Waals surface area contributed by atoms with Gasteiger partial charge >= 0.3 is 0 Å². The van der Waals surface area contributed by atoms with Crippen molar-refractivity contribution in [3.8, 4) is 0 Å². The van der Waals surface area contributed by atoms with Gasteiger partial charge in [-0.15, -0.1) is 0 Å². The highest BCUT2D eigenvalue weighted by molar-refractivity contribution is 6.30. The number of halogens is 2. The third-order valence-corrected chi connectivity index (χ3v) is 3.20. The second kappa shape index (κ2) is 4.95. The van der Waals surface area contributed by atoms with Gasteiger partial charge in [-0.3, -0.25) is 0 Å². The first kappa shape index (κ1) is 12.5. The molecule has 0 amide bonds. The molecule has 0 aliphatic carbocycles. The van der Waals surface area contributed by atoms with Crippen LogP contribution in [0, 0.1) is 5.82 Å². The average Bonchev–Trinajstić information content (AvgIpc) is 2.22. The first-order chi connectivity index (χ1) is 7.00. The van der Waals surface area contributed by atoms with Gasteiger partial charge in [0.15, 0.2) is 0 Å². The largest absolute Gasteiger partial charge is 0.325 e. The van der Waals surface area contributed by atoms with E-state index in [4.69, 9.17) is 17.3 Å². The molecule has 0 saturated carbocycles. The Morgan fingerprint density at radius 3 is 2.40 bits per heavy atom. The molecule has 0 bridgehead atoms. The van der Waals surface area contributed by atoms with Crippen LogP contribution in [0.4, 0.5) is 4.39 Å². The Bertz CT molecular complexity index is 334. The lowest BCUT2D eigenvalue weighted by Gasteiger charge is -2.26. The fourth-order valence-corrected chi connectivity index (χ4v) is 1.70. The van der Waals surface area contributed by atoms with Gasteiger partial charge in [0.25, 0.3) is 0 Å². The van der Waals surface area contributed by atoms with Gasteiger partial charge in [0.2, 0.25) is 0 Å². The van der Waals surface area contributed by atoms with Crippen molar-refractivity contribution in [1.82, 2.24) is 0 Å². The fraction of sp³-hybridized carbons (Fsp3) is 0.500. The highest BCUT2D eigenvalue weighted by Crippen LogP contribution is 2.22. The molecule has 84 valence electrons. The highest BCUT2D eigenvalue weighted by atomic mass is 35.5. The van der Waals surface area contributed by atoms with Gasteiger partial charge in [-0.1, -0.05) is 31.5 Å². The van der Waals surface area contributed by atoms with Crippen molar-refractivity contribution in [2.75, 3.05) is 0 Å². The maximum atomic E-state index is 13.5. The topological polar surface area (TPSA) is 26.0 Å². The number of hydrogen-bond donors (Lipinski definition) is 1. The molecule has 0 radical (unpaired) electrons. The summed E-state index contributed by atoms with van der Waals surface area (Å²) in [4.78, 5) is 0. The monoisotopic (exact) mass is 229 g/mol. The summed E-state index contributed by atoms with van der Waals surface area (Å²) in [6.07, 6.45) is 2.24. The van der Waals surface area contributed by atoms with E-state index in [9.17, 15) is 4.39 Å². The maximum Gasteiger partial charge on any atom is 0.127 e. The van der Waals surface area contributed by atoms with Crippen molar-refractivity contribution in [1.29, 1.82) is 0 Å². The Hall–Kier alpha value is -0.600. The van der Waals surface area contributed by atoms with Crippen LogP contribution in [0.15, 0.2) is 18.2 Å². The summed E-state index contributed by atoms with van der Waals surface area (Å²) < 4.78 is 13.5. The third-order valence-electron chi connectivity index (χ3n) is 2.97. The summed E-state index contributed by atoms with van der Waals surface area (Å²) in [5.74, 6) is -0.265.